The molecule has 0 fully saturated rings. The summed E-state index contributed by atoms with van der Waals surface area (Å²) < 4.78 is 37.2. The SMILES string of the molecule is NC(CC(=O)O)c1c(O)cc(C(F)(F)F)cc1Cl. The van der Waals surface area contributed by atoms with E-state index in [1.165, 1.54) is 0 Å². The molecule has 1 unspecified atom stereocenters. The van der Waals surface area contributed by atoms with Crippen LogP contribution in [0, 0.1) is 0 Å². The number of aliphatic carboxylic acids is 1. The van der Waals surface area contributed by atoms with Gasteiger partial charge in [-0.1, -0.05) is 11.6 Å². The summed E-state index contributed by atoms with van der Waals surface area (Å²) in [5, 5.41) is 17.6. The molecule has 0 aliphatic carbocycles. The molecule has 18 heavy (non-hydrogen) atoms. The van der Waals surface area contributed by atoms with Crippen molar-refractivity contribution in [1.29, 1.82) is 0 Å². The van der Waals surface area contributed by atoms with Crippen LogP contribution < -0.4 is 5.73 Å². The zero-order valence-corrected chi connectivity index (χ0v) is 9.59. The lowest BCUT2D eigenvalue weighted by atomic mass is 10.0. The molecule has 4 nitrogen and oxygen atoms in total. The molecular weight excluding hydrogens is 275 g/mol. The predicted octanol–water partition coefficient (Wildman–Crippen LogP) is 2.54. The number of hydrogen-bond donors (Lipinski definition) is 3. The lowest BCUT2D eigenvalue weighted by Gasteiger charge is -2.16. The molecular formula is C10H9ClF3NO3. The number of carbonyl (C=O) groups is 1. The predicted molar refractivity (Wildman–Crippen MR) is 57.3 cm³/mol. The summed E-state index contributed by atoms with van der Waals surface area (Å²) in [6.45, 7) is 0. The molecule has 0 amide bonds. The molecule has 0 saturated carbocycles. The molecule has 4 N–H and O–H groups in total. The molecule has 0 aromatic heterocycles. The van der Waals surface area contributed by atoms with Gasteiger partial charge in [-0.05, 0) is 12.1 Å². The number of halogens is 4. The fourth-order valence-corrected chi connectivity index (χ4v) is 1.78. The Morgan fingerprint density at radius 3 is 2.39 bits per heavy atom. The number of phenols is 1. The Labute approximate surface area is 105 Å². The quantitative estimate of drug-likeness (QED) is 0.796. The highest BCUT2D eigenvalue weighted by molar-refractivity contribution is 6.31. The normalized spacial score (nSPS) is 13.4. The third-order valence-corrected chi connectivity index (χ3v) is 2.51. The van der Waals surface area contributed by atoms with Crippen LogP contribution in [-0.2, 0) is 11.0 Å². The van der Waals surface area contributed by atoms with Gasteiger partial charge >= 0.3 is 12.1 Å². The minimum atomic E-state index is -4.66. The second-order valence-electron chi connectivity index (χ2n) is 3.59. The molecule has 0 aliphatic rings. The van der Waals surface area contributed by atoms with E-state index in [2.05, 4.69) is 0 Å². The minimum Gasteiger partial charge on any atom is -0.508 e. The topological polar surface area (TPSA) is 83.6 Å². The van der Waals surface area contributed by atoms with Crippen LogP contribution in [0.15, 0.2) is 12.1 Å². The van der Waals surface area contributed by atoms with E-state index < -0.39 is 40.9 Å². The molecule has 1 rings (SSSR count). The van der Waals surface area contributed by atoms with Crippen LogP contribution >= 0.6 is 11.6 Å². The smallest absolute Gasteiger partial charge is 0.416 e. The fourth-order valence-electron chi connectivity index (χ4n) is 1.42. The Bertz CT molecular complexity index is 453. The number of carboxylic acid groups (broad SMARTS) is 1. The third kappa shape index (κ3) is 3.27. The second kappa shape index (κ2) is 5.03. The minimum absolute atomic E-state index is 0.216. The van der Waals surface area contributed by atoms with Crippen LogP contribution in [0.5, 0.6) is 5.75 Å². The van der Waals surface area contributed by atoms with E-state index in [9.17, 15) is 23.1 Å². The molecule has 0 radical (unpaired) electrons. The van der Waals surface area contributed by atoms with Crippen molar-refractivity contribution < 1.29 is 28.2 Å². The average Bonchev–Trinajstić information content (AvgIpc) is 2.13. The van der Waals surface area contributed by atoms with Gasteiger partial charge < -0.3 is 15.9 Å². The molecule has 0 heterocycles. The van der Waals surface area contributed by atoms with Gasteiger partial charge in [0.2, 0.25) is 0 Å². The summed E-state index contributed by atoms with van der Waals surface area (Å²) in [5.41, 5.74) is 4.11. The summed E-state index contributed by atoms with van der Waals surface area (Å²) in [4.78, 5) is 10.4. The number of hydrogen-bond acceptors (Lipinski definition) is 3. The average molecular weight is 284 g/mol. The molecule has 1 aromatic carbocycles. The Kier molecular flexibility index (Phi) is 4.08. The fraction of sp³-hybridized carbons (Fsp3) is 0.300. The maximum Gasteiger partial charge on any atom is 0.416 e. The van der Waals surface area contributed by atoms with Crippen molar-refractivity contribution in [1.82, 2.24) is 0 Å². The van der Waals surface area contributed by atoms with Gasteiger partial charge in [-0.2, -0.15) is 13.2 Å². The standard InChI is InChI=1S/C10H9ClF3NO3/c11-5-1-4(10(12,13)14)2-7(16)9(5)6(15)3-8(17)18/h1-2,6,16H,3,15H2,(H,17,18). The Morgan fingerprint density at radius 1 is 1.44 bits per heavy atom. The van der Waals surface area contributed by atoms with Crippen molar-refractivity contribution >= 4 is 17.6 Å². The number of benzene rings is 1. The van der Waals surface area contributed by atoms with Crippen LogP contribution in [0.25, 0.3) is 0 Å². The number of carboxylic acids is 1. The van der Waals surface area contributed by atoms with Gasteiger partial charge in [0, 0.05) is 16.6 Å². The van der Waals surface area contributed by atoms with E-state index in [0.29, 0.717) is 12.1 Å². The van der Waals surface area contributed by atoms with E-state index in [1.54, 1.807) is 0 Å². The zero-order valence-electron chi connectivity index (χ0n) is 8.83. The number of rotatable bonds is 3. The van der Waals surface area contributed by atoms with E-state index in [0.717, 1.165) is 0 Å². The van der Waals surface area contributed by atoms with Gasteiger partial charge in [-0.25, -0.2) is 0 Å². The number of phenolic OH excluding ortho intramolecular Hbond substituents is 1. The van der Waals surface area contributed by atoms with Crippen LogP contribution in [0.1, 0.15) is 23.6 Å². The van der Waals surface area contributed by atoms with Crippen LogP contribution in [0.4, 0.5) is 13.2 Å². The number of nitrogens with two attached hydrogens (primary N) is 1. The van der Waals surface area contributed by atoms with Gasteiger partial charge in [0.05, 0.1) is 12.0 Å². The van der Waals surface area contributed by atoms with Crippen molar-refractivity contribution in [3.8, 4) is 5.75 Å². The largest absolute Gasteiger partial charge is 0.508 e. The van der Waals surface area contributed by atoms with Crippen LogP contribution in [0.3, 0.4) is 0 Å². The summed E-state index contributed by atoms with van der Waals surface area (Å²) in [6, 6.07) is -0.126. The van der Waals surface area contributed by atoms with Crippen LogP contribution in [0.2, 0.25) is 5.02 Å². The second-order valence-corrected chi connectivity index (χ2v) is 4.00. The zero-order chi connectivity index (χ0) is 14.1. The summed E-state index contributed by atoms with van der Waals surface area (Å²) in [7, 11) is 0. The van der Waals surface area contributed by atoms with Crippen molar-refractivity contribution in [3.63, 3.8) is 0 Å². The maximum atomic E-state index is 12.4. The highest BCUT2D eigenvalue weighted by Crippen LogP contribution is 2.39. The first-order chi connectivity index (χ1) is 8.12. The van der Waals surface area contributed by atoms with E-state index in [1.807, 2.05) is 0 Å². The van der Waals surface area contributed by atoms with Gasteiger partial charge in [-0.15, -0.1) is 0 Å². The lowest BCUT2D eigenvalue weighted by Crippen LogP contribution is -2.16. The summed E-state index contributed by atoms with van der Waals surface area (Å²) in [5.74, 6) is -2.03. The van der Waals surface area contributed by atoms with Crippen molar-refractivity contribution in [2.24, 2.45) is 5.73 Å². The molecule has 0 bridgehead atoms. The van der Waals surface area contributed by atoms with Gasteiger partial charge in [0.1, 0.15) is 5.75 Å². The summed E-state index contributed by atoms with van der Waals surface area (Å²) in [6.07, 6.45) is -5.21. The van der Waals surface area contributed by atoms with Crippen LogP contribution in [-0.4, -0.2) is 16.2 Å². The number of aromatic hydroxyl groups is 1. The van der Waals surface area contributed by atoms with E-state index in [-0.39, 0.29) is 5.56 Å². The van der Waals surface area contributed by atoms with Crippen molar-refractivity contribution in [2.45, 2.75) is 18.6 Å². The first kappa shape index (κ1) is 14.6. The first-order valence-electron chi connectivity index (χ1n) is 4.70. The molecule has 1 atom stereocenters. The third-order valence-electron chi connectivity index (χ3n) is 2.20. The van der Waals surface area contributed by atoms with Crippen molar-refractivity contribution in [3.05, 3.63) is 28.3 Å². The van der Waals surface area contributed by atoms with Crippen molar-refractivity contribution in [2.75, 3.05) is 0 Å². The highest BCUT2D eigenvalue weighted by Gasteiger charge is 2.33. The molecule has 8 heteroatoms. The van der Waals surface area contributed by atoms with Gasteiger partial charge in [0.15, 0.2) is 0 Å². The molecule has 1 aromatic rings. The Morgan fingerprint density at radius 2 is 2.00 bits per heavy atom. The number of alkyl halides is 3. The van der Waals surface area contributed by atoms with Gasteiger partial charge in [0.25, 0.3) is 0 Å². The first-order valence-corrected chi connectivity index (χ1v) is 5.07. The lowest BCUT2D eigenvalue weighted by molar-refractivity contribution is -0.138. The molecule has 100 valence electrons. The Hall–Kier alpha value is -1.47. The van der Waals surface area contributed by atoms with E-state index in [4.69, 9.17) is 22.4 Å². The van der Waals surface area contributed by atoms with Gasteiger partial charge in [-0.3, -0.25) is 4.79 Å². The monoisotopic (exact) mass is 283 g/mol. The molecule has 0 saturated heterocycles. The Balaban J connectivity index is 3.20. The maximum absolute atomic E-state index is 12.4. The van der Waals surface area contributed by atoms with E-state index >= 15 is 0 Å². The summed E-state index contributed by atoms with van der Waals surface area (Å²) >= 11 is 5.59. The highest BCUT2D eigenvalue weighted by atomic mass is 35.5. The molecule has 0 aliphatic heterocycles. The molecule has 0 spiro atoms.